The first kappa shape index (κ1) is 18.1. The largest absolute Gasteiger partial charge is 0.307 e. The van der Waals surface area contributed by atoms with Crippen LogP contribution < -0.4 is 5.32 Å². The summed E-state index contributed by atoms with van der Waals surface area (Å²) in [6, 6.07) is 9.46. The minimum Gasteiger partial charge on any atom is -0.307 e. The molecular formula is C17H21N3O3S. The number of rotatable bonds is 6. The van der Waals surface area contributed by atoms with Crippen molar-refractivity contribution in [1.82, 2.24) is 9.29 Å². The molecule has 1 N–H and O–H groups in total. The van der Waals surface area contributed by atoms with Crippen LogP contribution in [0.2, 0.25) is 0 Å². The minimum absolute atomic E-state index is 0.177. The van der Waals surface area contributed by atoms with E-state index in [2.05, 4.69) is 10.3 Å². The first-order chi connectivity index (χ1) is 11.4. The number of carbonyl (C=O) groups is 1. The lowest BCUT2D eigenvalue weighted by atomic mass is 10.2. The highest BCUT2D eigenvalue weighted by molar-refractivity contribution is 7.89. The van der Waals surface area contributed by atoms with E-state index < -0.39 is 10.0 Å². The van der Waals surface area contributed by atoms with Crippen LogP contribution in [0.25, 0.3) is 0 Å². The van der Waals surface area contributed by atoms with Gasteiger partial charge in [0.05, 0.1) is 4.90 Å². The van der Waals surface area contributed by atoms with Gasteiger partial charge in [-0.2, -0.15) is 4.31 Å². The molecule has 0 radical (unpaired) electrons. The van der Waals surface area contributed by atoms with E-state index in [1.165, 1.54) is 28.6 Å². The molecule has 7 heteroatoms. The van der Waals surface area contributed by atoms with Gasteiger partial charge in [-0.1, -0.05) is 19.9 Å². The van der Waals surface area contributed by atoms with Crippen molar-refractivity contribution in [3.8, 4) is 0 Å². The van der Waals surface area contributed by atoms with E-state index in [1.807, 2.05) is 13.0 Å². The molecule has 0 unspecified atom stereocenters. The van der Waals surface area contributed by atoms with Gasteiger partial charge in [0.1, 0.15) is 5.82 Å². The zero-order chi connectivity index (χ0) is 17.7. The van der Waals surface area contributed by atoms with Crippen LogP contribution in [0.3, 0.4) is 0 Å². The van der Waals surface area contributed by atoms with Gasteiger partial charge >= 0.3 is 0 Å². The lowest BCUT2D eigenvalue weighted by Gasteiger charge is -2.18. The Morgan fingerprint density at radius 3 is 2.21 bits per heavy atom. The van der Waals surface area contributed by atoms with Crippen molar-refractivity contribution in [3.05, 3.63) is 53.7 Å². The maximum absolute atomic E-state index is 12.4. The van der Waals surface area contributed by atoms with Gasteiger partial charge in [0, 0.05) is 24.8 Å². The Bertz CT molecular complexity index is 796. The third kappa shape index (κ3) is 3.98. The Kier molecular flexibility index (Phi) is 5.69. The van der Waals surface area contributed by atoms with Crippen molar-refractivity contribution in [3.63, 3.8) is 0 Å². The Morgan fingerprint density at radius 1 is 1.08 bits per heavy atom. The fourth-order valence-corrected chi connectivity index (χ4v) is 3.68. The standard InChI is InChI=1S/C17H21N3O3S/c1-4-20(5-2)24(22,23)15-9-7-14(8-10-15)17(21)19-16-11-6-13(3)12-18-16/h6-12H,4-5H2,1-3H3,(H,18,19,21). The molecule has 0 aliphatic rings. The summed E-state index contributed by atoms with van der Waals surface area (Å²) in [5, 5.41) is 2.68. The van der Waals surface area contributed by atoms with Crippen LogP contribution in [0, 0.1) is 6.92 Å². The normalized spacial score (nSPS) is 11.5. The Hall–Kier alpha value is -2.25. The molecular weight excluding hydrogens is 326 g/mol. The molecule has 24 heavy (non-hydrogen) atoms. The monoisotopic (exact) mass is 347 g/mol. The highest BCUT2D eigenvalue weighted by Gasteiger charge is 2.21. The van der Waals surface area contributed by atoms with E-state index in [1.54, 1.807) is 26.1 Å². The number of amides is 1. The number of aryl methyl sites for hydroxylation is 1. The van der Waals surface area contributed by atoms with E-state index in [0.29, 0.717) is 24.5 Å². The Morgan fingerprint density at radius 2 is 1.71 bits per heavy atom. The molecule has 0 bridgehead atoms. The molecule has 0 aliphatic carbocycles. The molecule has 2 rings (SSSR count). The highest BCUT2D eigenvalue weighted by atomic mass is 32.2. The second-order valence-electron chi connectivity index (χ2n) is 5.29. The fourth-order valence-electron chi connectivity index (χ4n) is 2.22. The van der Waals surface area contributed by atoms with Gasteiger partial charge in [-0.15, -0.1) is 0 Å². The molecule has 1 aromatic heterocycles. The average molecular weight is 347 g/mol. The van der Waals surface area contributed by atoms with Crippen molar-refractivity contribution >= 4 is 21.7 Å². The lowest BCUT2D eigenvalue weighted by molar-refractivity contribution is 0.102. The van der Waals surface area contributed by atoms with E-state index in [-0.39, 0.29) is 10.8 Å². The summed E-state index contributed by atoms with van der Waals surface area (Å²) in [6.45, 7) is 6.29. The van der Waals surface area contributed by atoms with Crippen LogP contribution in [0.5, 0.6) is 0 Å². The third-order valence-corrected chi connectivity index (χ3v) is 5.68. The summed E-state index contributed by atoms with van der Waals surface area (Å²) in [7, 11) is -3.52. The number of nitrogens with one attached hydrogen (secondary N) is 1. The molecule has 6 nitrogen and oxygen atoms in total. The third-order valence-electron chi connectivity index (χ3n) is 3.61. The summed E-state index contributed by atoms with van der Waals surface area (Å²) < 4.78 is 26.2. The molecule has 0 fully saturated rings. The molecule has 1 amide bonds. The average Bonchev–Trinajstić information content (AvgIpc) is 2.58. The summed E-state index contributed by atoms with van der Waals surface area (Å²) in [5.74, 6) is 0.114. The molecule has 0 aliphatic heterocycles. The molecule has 0 spiro atoms. The summed E-state index contributed by atoms with van der Waals surface area (Å²) >= 11 is 0. The predicted octanol–water partition coefficient (Wildman–Crippen LogP) is 2.67. The van der Waals surface area contributed by atoms with Crippen molar-refractivity contribution < 1.29 is 13.2 Å². The quantitative estimate of drug-likeness (QED) is 0.871. The number of benzene rings is 1. The number of carbonyl (C=O) groups excluding carboxylic acids is 1. The van der Waals surface area contributed by atoms with Crippen LogP contribution >= 0.6 is 0 Å². The second-order valence-corrected chi connectivity index (χ2v) is 7.23. The first-order valence-electron chi connectivity index (χ1n) is 7.72. The number of pyridine rings is 1. The number of sulfonamides is 1. The van der Waals surface area contributed by atoms with Crippen LogP contribution in [0.15, 0.2) is 47.5 Å². The van der Waals surface area contributed by atoms with Crippen LogP contribution in [-0.4, -0.2) is 36.7 Å². The summed E-state index contributed by atoms with van der Waals surface area (Å²) in [6.07, 6.45) is 1.66. The number of anilines is 1. The van der Waals surface area contributed by atoms with Crippen LogP contribution in [0.1, 0.15) is 29.8 Å². The maximum Gasteiger partial charge on any atom is 0.256 e. The molecule has 0 saturated carbocycles. The van der Waals surface area contributed by atoms with Gasteiger partial charge in [-0.25, -0.2) is 13.4 Å². The first-order valence-corrected chi connectivity index (χ1v) is 9.16. The minimum atomic E-state index is -3.52. The number of nitrogens with zero attached hydrogens (tertiary/aromatic N) is 2. The van der Waals surface area contributed by atoms with E-state index in [9.17, 15) is 13.2 Å². The zero-order valence-electron chi connectivity index (χ0n) is 14.0. The summed E-state index contributed by atoms with van der Waals surface area (Å²) in [5.41, 5.74) is 1.37. The van der Waals surface area contributed by atoms with Crippen molar-refractivity contribution in [1.29, 1.82) is 0 Å². The van der Waals surface area contributed by atoms with Gasteiger partial charge in [-0.3, -0.25) is 4.79 Å². The molecule has 1 aromatic carbocycles. The molecule has 0 atom stereocenters. The van der Waals surface area contributed by atoms with Gasteiger partial charge in [-0.05, 0) is 42.8 Å². The number of hydrogen-bond donors (Lipinski definition) is 1. The lowest BCUT2D eigenvalue weighted by Crippen LogP contribution is -2.30. The predicted molar refractivity (Wildman–Crippen MR) is 93.5 cm³/mol. The fraction of sp³-hybridized carbons (Fsp3) is 0.294. The van der Waals surface area contributed by atoms with Crippen LogP contribution in [-0.2, 0) is 10.0 Å². The van der Waals surface area contributed by atoms with Crippen molar-refractivity contribution in [2.24, 2.45) is 0 Å². The van der Waals surface area contributed by atoms with Crippen LogP contribution in [0.4, 0.5) is 5.82 Å². The number of hydrogen-bond acceptors (Lipinski definition) is 4. The zero-order valence-corrected chi connectivity index (χ0v) is 14.8. The highest BCUT2D eigenvalue weighted by Crippen LogP contribution is 2.17. The molecule has 0 saturated heterocycles. The van der Waals surface area contributed by atoms with E-state index >= 15 is 0 Å². The maximum atomic E-state index is 12.4. The smallest absolute Gasteiger partial charge is 0.256 e. The van der Waals surface area contributed by atoms with Crippen molar-refractivity contribution in [2.75, 3.05) is 18.4 Å². The summed E-state index contributed by atoms with van der Waals surface area (Å²) in [4.78, 5) is 16.5. The van der Waals surface area contributed by atoms with Crippen molar-refractivity contribution in [2.45, 2.75) is 25.7 Å². The van der Waals surface area contributed by atoms with Gasteiger partial charge in [0.15, 0.2) is 0 Å². The number of aromatic nitrogens is 1. The van der Waals surface area contributed by atoms with E-state index in [0.717, 1.165) is 5.56 Å². The SMILES string of the molecule is CCN(CC)S(=O)(=O)c1ccc(C(=O)Nc2ccc(C)cn2)cc1. The van der Waals surface area contributed by atoms with E-state index in [4.69, 9.17) is 0 Å². The molecule has 2 aromatic rings. The van der Waals surface area contributed by atoms with Gasteiger partial charge in [0.25, 0.3) is 5.91 Å². The van der Waals surface area contributed by atoms with Gasteiger partial charge < -0.3 is 5.32 Å². The Labute approximate surface area is 142 Å². The Balaban J connectivity index is 2.16. The molecule has 128 valence electrons. The second kappa shape index (κ2) is 7.55. The molecule has 1 heterocycles. The van der Waals surface area contributed by atoms with Gasteiger partial charge in [0.2, 0.25) is 10.0 Å². The topological polar surface area (TPSA) is 79.4 Å².